The molecule has 0 spiro atoms. The standard InChI is InChI=1S/C21H25N3O2S/c1-5-24-20(13-26-19-10-9-15(2)11-16(19)3)22-23-21(24)27-14-17-7-6-8-18(12-17)25-4/h6-12H,5,13-14H2,1-4H3. The minimum atomic E-state index is 0.407. The SMILES string of the molecule is CCn1c(COc2ccc(C)cc2C)nnc1SCc1cccc(OC)c1. The Morgan fingerprint density at radius 3 is 2.67 bits per heavy atom. The van der Waals surface area contributed by atoms with Crippen LogP contribution in [-0.4, -0.2) is 21.9 Å². The van der Waals surface area contributed by atoms with Crippen LogP contribution in [-0.2, 0) is 18.9 Å². The first-order valence-electron chi connectivity index (χ1n) is 8.98. The molecular weight excluding hydrogens is 358 g/mol. The van der Waals surface area contributed by atoms with Gasteiger partial charge in [-0.1, -0.05) is 41.6 Å². The highest BCUT2D eigenvalue weighted by Crippen LogP contribution is 2.25. The van der Waals surface area contributed by atoms with Crippen LogP contribution < -0.4 is 9.47 Å². The highest BCUT2D eigenvalue weighted by Gasteiger charge is 2.13. The van der Waals surface area contributed by atoms with E-state index in [-0.39, 0.29) is 0 Å². The van der Waals surface area contributed by atoms with E-state index >= 15 is 0 Å². The van der Waals surface area contributed by atoms with Crippen molar-refractivity contribution in [3.63, 3.8) is 0 Å². The molecule has 27 heavy (non-hydrogen) atoms. The Morgan fingerprint density at radius 2 is 1.93 bits per heavy atom. The van der Waals surface area contributed by atoms with Gasteiger partial charge in [-0.2, -0.15) is 0 Å². The van der Waals surface area contributed by atoms with E-state index in [9.17, 15) is 0 Å². The summed E-state index contributed by atoms with van der Waals surface area (Å²) in [7, 11) is 1.68. The van der Waals surface area contributed by atoms with Crippen molar-refractivity contribution in [2.45, 2.75) is 44.8 Å². The van der Waals surface area contributed by atoms with Gasteiger partial charge in [-0.25, -0.2) is 0 Å². The van der Waals surface area contributed by atoms with Crippen LogP contribution in [0.5, 0.6) is 11.5 Å². The summed E-state index contributed by atoms with van der Waals surface area (Å²) in [6.07, 6.45) is 0. The van der Waals surface area contributed by atoms with Crippen molar-refractivity contribution in [3.8, 4) is 11.5 Å². The molecule has 5 nitrogen and oxygen atoms in total. The van der Waals surface area contributed by atoms with Crippen molar-refractivity contribution in [1.82, 2.24) is 14.8 Å². The first-order chi connectivity index (χ1) is 13.1. The van der Waals surface area contributed by atoms with Crippen LogP contribution in [0.1, 0.15) is 29.4 Å². The summed E-state index contributed by atoms with van der Waals surface area (Å²) in [6.45, 7) is 7.45. The van der Waals surface area contributed by atoms with E-state index in [0.717, 1.165) is 40.3 Å². The molecule has 1 aromatic heterocycles. The molecule has 142 valence electrons. The normalized spacial score (nSPS) is 10.8. The van der Waals surface area contributed by atoms with Crippen molar-refractivity contribution in [2.75, 3.05) is 7.11 Å². The lowest BCUT2D eigenvalue weighted by Gasteiger charge is -2.11. The van der Waals surface area contributed by atoms with Gasteiger partial charge < -0.3 is 14.0 Å². The number of methoxy groups -OCH3 is 1. The molecule has 0 aliphatic rings. The third-order valence-corrected chi connectivity index (χ3v) is 5.34. The Balaban J connectivity index is 1.67. The summed E-state index contributed by atoms with van der Waals surface area (Å²) >= 11 is 1.67. The first kappa shape index (κ1) is 19.3. The number of hydrogen-bond donors (Lipinski definition) is 0. The second-order valence-electron chi connectivity index (χ2n) is 6.34. The van der Waals surface area contributed by atoms with Crippen LogP contribution in [0.3, 0.4) is 0 Å². The van der Waals surface area contributed by atoms with Gasteiger partial charge in [-0.3, -0.25) is 0 Å². The highest BCUT2D eigenvalue weighted by atomic mass is 32.2. The lowest BCUT2D eigenvalue weighted by molar-refractivity contribution is 0.286. The molecule has 0 N–H and O–H groups in total. The minimum absolute atomic E-state index is 0.407. The quantitative estimate of drug-likeness (QED) is 0.523. The molecule has 0 amide bonds. The predicted molar refractivity (Wildman–Crippen MR) is 108 cm³/mol. The van der Waals surface area contributed by atoms with Crippen LogP contribution >= 0.6 is 11.8 Å². The van der Waals surface area contributed by atoms with Crippen molar-refractivity contribution in [1.29, 1.82) is 0 Å². The maximum Gasteiger partial charge on any atom is 0.191 e. The summed E-state index contributed by atoms with van der Waals surface area (Å²) in [5.74, 6) is 3.41. The molecule has 0 atom stereocenters. The van der Waals surface area contributed by atoms with Gasteiger partial charge >= 0.3 is 0 Å². The molecule has 0 saturated carbocycles. The topological polar surface area (TPSA) is 49.2 Å². The summed E-state index contributed by atoms with van der Waals surface area (Å²) in [5.41, 5.74) is 3.55. The molecule has 0 saturated heterocycles. The maximum atomic E-state index is 5.98. The first-order valence-corrected chi connectivity index (χ1v) is 9.97. The third kappa shape index (κ3) is 4.83. The summed E-state index contributed by atoms with van der Waals surface area (Å²) in [6, 6.07) is 14.3. The van der Waals surface area contributed by atoms with Crippen molar-refractivity contribution in [3.05, 3.63) is 65.0 Å². The van der Waals surface area contributed by atoms with Gasteiger partial charge in [0.25, 0.3) is 0 Å². The molecule has 1 heterocycles. The second kappa shape index (κ2) is 8.95. The highest BCUT2D eigenvalue weighted by molar-refractivity contribution is 7.98. The number of thioether (sulfide) groups is 1. The Morgan fingerprint density at radius 1 is 1.07 bits per heavy atom. The molecule has 0 unspecified atom stereocenters. The molecule has 2 aromatic carbocycles. The van der Waals surface area contributed by atoms with Gasteiger partial charge in [-0.15, -0.1) is 10.2 Å². The lowest BCUT2D eigenvalue weighted by Crippen LogP contribution is -2.07. The van der Waals surface area contributed by atoms with E-state index in [1.807, 2.05) is 24.3 Å². The van der Waals surface area contributed by atoms with Crippen LogP contribution in [0.2, 0.25) is 0 Å². The summed E-state index contributed by atoms with van der Waals surface area (Å²) < 4.78 is 13.4. The average molecular weight is 384 g/mol. The molecule has 0 fully saturated rings. The number of aromatic nitrogens is 3. The number of nitrogens with zero attached hydrogens (tertiary/aromatic N) is 3. The van der Waals surface area contributed by atoms with E-state index in [1.165, 1.54) is 11.1 Å². The largest absolute Gasteiger partial charge is 0.497 e. The molecular formula is C21H25N3O2S. The van der Waals surface area contributed by atoms with Gasteiger partial charge in [0.2, 0.25) is 0 Å². The number of ether oxygens (including phenoxy) is 2. The fraction of sp³-hybridized carbons (Fsp3) is 0.333. The Labute approximate surface area is 164 Å². The molecule has 0 aliphatic heterocycles. The van der Waals surface area contributed by atoms with Gasteiger partial charge in [0.05, 0.1) is 7.11 Å². The van der Waals surface area contributed by atoms with Crippen LogP contribution in [0.4, 0.5) is 0 Å². The Hall–Kier alpha value is -2.47. The molecule has 0 bridgehead atoms. The van der Waals surface area contributed by atoms with E-state index in [4.69, 9.17) is 9.47 Å². The lowest BCUT2D eigenvalue weighted by atomic mass is 10.1. The molecule has 3 aromatic rings. The predicted octanol–water partition coefficient (Wildman–Crippen LogP) is 4.79. The molecule has 6 heteroatoms. The van der Waals surface area contributed by atoms with Gasteiger partial charge in [0.15, 0.2) is 11.0 Å². The average Bonchev–Trinajstić information content (AvgIpc) is 3.07. The zero-order chi connectivity index (χ0) is 19.2. The van der Waals surface area contributed by atoms with E-state index < -0.39 is 0 Å². The fourth-order valence-corrected chi connectivity index (χ4v) is 3.83. The Bertz CT molecular complexity index is 908. The minimum Gasteiger partial charge on any atom is -0.497 e. The second-order valence-corrected chi connectivity index (χ2v) is 7.28. The molecule has 0 aliphatic carbocycles. The zero-order valence-corrected chi connectivity index (χ0v) is 17.0. The Kier molecular flexibility index (Phi) is 6.40. The van der Waals surface area contributed by atoms with Gasteiger partial charge in [0, 0.05) is 12.3 Å². The smallest absolute Gasteiger partial charge is 0.191 e. The zero-order valence-electron chi connectivity index (χ0n) is 16.2. The van der Waals surface area contributed by atoms with Gasteiger partial charge in [0.1, 0.15) is 18.1 Å². The van der Waals surface area contributed by atoms with Crippen molar-refractivity contribution in [2.24, 2.45) is 0 Å². The number of rotatable bonds is 8. The number of benzene rings is 2. The monoisotopic (exact) mass is 383 g/mol. The summed E-state index contributed by atoms with van der Waals surface area (Å²) in [4.78, 5) is 0. The van der Waals surface area contributed by atoms with Crippen LogP contribution in [0.15, 0.2) is 47.6 Å². The summed E-state index contributed by atoms with van der Waals surface area (Å²) in [5, 5.41) is 9.60. The van der Waals surface area contributed by atoms with Crippen molar-refractivity contribution < 1.29 is 9.47 Å². The van der Waals surface area contributed by atoms with Crippen LogP contribution in [0.25, 0.3) is 0 Å². The van der Waals surface area contributed by atoms with Crippen molar-refractivity contribution >= 4 is 11.8 Å². The molecule has 0 radical (unpaired) electrons. The number of aryl methyl sites for hydroxylation is 2. The molecule has 3 rings (SSSR count). The fourth-order valence-electron chi connectivity index (χ4n) is 2.86. The van der Waals surface area contributed by atoms with E-state index in [0.29, 0.717) is 6.61 Å². The maximum absolute atomic E-state index is 5.98. The number of hydrogen-bond acceptors (Lipinski definition) is 5. The van der Waals surface area contributed by atoms with E-state index in [1.54, 1.807) is 18.9 Å². The van der Waals surface area contributed by atoms with Gasteiger partial charge in [-0.05, 0) is 50.1 Å². The third-order valence-electron chi connectivity index (χ3n) is 4.30. The van der Waals surface area contributed by atoms with Crippen LogP contribution in [0, 0.1) is 13.8 Å². The van der Waals surface area contributed by atoms with E-state index in [2.05, 4.69) is 53.7 Å².